The molecular weight excluding hydrogens is 276 g/mol. The summed E-state index contributed by atoms with van der Waals surface area (Å²) in [7, 11) is 1.85. The lowest BCUT2D eigenvalue weighted by Crippen LogP contribution is -2.38. The molecule has 1 aromatic carbocycles. The van der Waals surface area contributed by atoms with Crippen LogP contribution in [-0.4, -0.2) is 44.0 Å². The Hall–Kier alpha value is -1.53. The van der Waals surface area contributed by atoms with E-state index in [-0.39, 0.29) is 12.2 Å². The number of benzene rings is 1. The van der Waals surface area contributed by atoms with E-state index in [0.717, 1.165) is 44.6 Å². The Morgan fingerprint density at radius 2 is 1.95 bits per heavy atom. The molecule has 6 heteroatoms. The second kappa shape index (κ2) is 7.47. The largest absolute Gasteiger partial charge is 0.320 e. The predicted molar refractivity (Wildman–Crippen MR) is 78.1 cm³/mol. The summed E-state index contributed by atoms with van der Waals surface area (Å²) in [6.07, 6.45) is 2.18. The van der Waals surface area contributed by atoms with Crippen LogP contribution in [0.1, 0.15) is 12.8 Å². The number of nitrogens with zero attached hydrogens (tertiary/aromatic N) is 1. The number of rotatable bonds is 5. The highest BCUT2D eigenvalue weighted by Gasteiger charge is 2.17. The third-order valence-corrected chi connectivity index (χ3v) is 3.67. The number of piperidine rings is 1. The summed E-state index contributed by atoms with van der Waals surface area (Å²) >= 11 is 0. The molecule has 0 bridgehead atoms. The van der Waals surface area contributed by atoms with Crippen molar-refractivity contribution < 1.29 is 13.6 Å². The highest BCUT2D eigenvalue weighted by Crippen LogP contribution is 2.18. The zero-order valence-corrected chi connectivity index (χ0v) is 12.2. The normalized spacial score (nSPS) is 16.2. The van der Waals surface area contributed by atoms with E-state index in [2.05, 4.69) is 10.6 Å². The van der Waals surface area contributed by atoms with Crippen molar-refractivity contribution in [2.45, 2.75) is 12.8 Å². The number of carbonyl (C=O) groups excluding carboxylic acids is 1. The quantitative estimate of drug-likeness (QED) is 0.871. The number of halogens is 2. The van der Waals surface area contributed by atoms with Crippen molar-refractivity contribution in [2.24, 2.45) is 5.92 Å². The second-order valence-electron chi connectivity index (χ2n) is 5.53. The van der Waals surface area contributed by atoms with E-state index < -0.39 is 17.5 Å². The fraction of sp³-hybridized carbons (Fsp3) is 0.533. The molecule has 0 aliphatic carbocycles. The van der Waals surface area contributed by atoms with Crippen LogP contribution in [0.4, 0.5) is 14.5 Å². The molecule has 1 heterocycles. The fourth-order valence-electron chi connectivity index (χ4n) is 2.61. The summed E-state index contributed by atoms with van der Waals surface area (Å²) in [4.78, 5) is 13.8. The summed E-state index contributed by atoms with van der Waals surface area (Å²) in [5, 5.41) is 5.60. The van der Waals surface area contributed by atoms with Crippen molar-refractivity contribution in [2.75, 3.05) is 38.5 Å². The van der Waals surface area contributed by atoms with Gasteiger partial charge in [-0.15, -0.1) is 0 Å². The van der Waals surface area contributed by atoms with Crippen molar-refractivity contribution in [3.8, 4) is 0 Å². The van der Waals surface area contributed by atoms with Gasteiger partial charge in [0.2, 0.25) is 5.91 Å². The van der Waals surface area contributed by atoms with Gasteiger partial charge in [0.15, 0.2) is 0 Å². The minimum atomic E-state index is -0.760. The molecule has 0 aromatic heterocycles. The number of hydrogen-bond donors (Lipinski definition) is 2. The molecule has 1 saturated heterocycles. The predicted octanol–water partition coefficient (Wildman–Crippen LogP) is 1.83. The van der Waals surface area contributed by atoms with E-state index in [9.17, 15) is 13.6 Å². The Morgan fingerprint density at radius 3 is 2.57 bits per heavy atom. The monoisotopic (exact) mass is 297 g/mol. The first-order valence-corrected chi connectivity index (χ1v) is 7.19. The molecule has 0 saturated carbocycles. The summed E-state index contributed by atoms with van der Waals surface area (Å²) < 4.78 is 26.9. The SMILES string of the molecule is CN(CC(=O)Nc1c(F)cccc1F)CC1CCNCC1. The molecule has 2 N–H and O–H groups in total. The van der Waals surface area contributed by atoms with E-state index in [1.54, 1.807) is 0 Å². The molecule has 1 amide bonds. The molecule has 21 heavy (non-hydrogen) atoms. The summed E-state index contributed by atoms with van der Waals surface area (Å²) in [6, 6.07) is 3.51. The number of likely N-dealkylation sites (N-methyl/N-ethyl adjacent to an activating group) is 1. The van der Waals surface area contributed by atoms with Crippen LogP contribution >= 0.6 is 0 Å². The maximum absolute atomic E-state index is 13.4. The lowest BCUT2D eigenvalue weighted by molar-refractivity contribution is -0.117. The zero-order chi connectivity index (χ0) is 15.2. The molecular formula is C15H21F2N3O. The molecule has 0 spiro atoms. The van der Waals surface area contributed by atoms with Crippen LogP contribution in [0.2, 0.25) is 0 Å². The first kappa shape index (κ1) is 15.9. The standard InChI is InChI=1S/C15H21F2N3O/c1-20(9-11-5-7-18-8-6-11)10-14(21)19-15-12(16)3-2-4-13(15)17/h2-4,11,18H,5-10H2,1H3,(H,19,21). The van der Waals surface area contributed by atoms with Crippen LogP contribution in [0.5, 0.6) is 0 Å². The topological polar surface area (TPSA) is 44.4 Å². The van der Waals surface area contributed by atoms with E-state index in [1.165, 1.54) is 6.07 Å². The Labute approximate surface area is 123 Å². The second-order valence-corrected chi connectivity index (χ2v) is 5.53. The molecule has 1 aliphatic heterocycles. The van der Waals surface area contributed by atoms with Gasteiger partial charge in [-0.05, 0) is 51.0 Å². The van der Waals surface area contributed by atoms with Crippen LogP contribution in [0.25, 0.3) is 0 Å². The van der Waals surface area contributed by atoms with Gasteiger partial charge >= 0.3 is 0 Å². The Balaban J connectivity index is 1.83. The Morgan fingerprint density at radius 1 is 1.33 bits per heavy atom. The molecule has 2 rings (SSSR count). The number of para-hydroxylation sites is 1. The molecule has 0 radical (unpaired) electrons. The minimum absolute atomic E-state index is 0.123. The minimum Gasteiger partial charge on any atom is -0.320 e. The van der Waals surface area contributed by atoms with Crippen molar-refractivity contribution in [1.82, 2.24) is 10.2 Å². The van der Waals surface area contributed by atoms with Gasteiger partial charge in [-0.1, -0.05) is 6.07 Å². The summed E-state index contributed by atoms with van der Waals surface area (Å²) in [5.74, 6) is -1.36. The molecule has 1 aliphatic rings. The Kier molecular flexibility index (Phi) is 5.64. The lowest BCUT2D eigenvalue weighted by atomic mass is 9.98. The van der Waals surface area contributed by atoms with Gasteiger partial charge in [0.1, 0.15) is 17.3 Å². The fourth-order valence-corrected chi connectivity index (χ4v) is 2.61. The first-order chi connectivity index (χ1) is 10.1. The highest BCUT2D eigenvalue weighted by molar-refractivity contribution is 5.92. The van der Waals surface area contributed by atoms with Gasteiger partial charge in [-0.25, -0.2) is 8.78 Å². The van der Waals surface area contributed by atoms with Crippen LogP contribution < -0.4 is 10.6 Å². The van der Waals surface area contributed by atoms with Gasteiger partial charge in [0, 0.05) is 6.54 Å². The maximum atomic E-state index is 13.4. The molecule has 116 valence electrons. The zero-order valence-electron chi connectivity index (χ0n) is 12.2. The van der Waals surface area contributed by atoms with Crippen LogP contribution in [0.15, 0.2) is 18.2 Å². The number of anilines is 1. The van der Waals surface area contributed by atoms with Gasteiger partial charge in [-0.3, -0.25) is 9.69 Å². The smallest absolute Gasteiger partial charge is 0.238 e. The number of nitrogens with one attached hydrogen (secondary N) is 2. The third kappa shape index (κ3) is 4.75. The molecule has 0 atom stereocenters. The molecule has 4 nitrogen and oxygen atoms in total. The number of hydrogen-bond acceptors (Lipinski definition) is 3. The van der Waals surface area contributed by atoms with Gasteiger partial charge in [-0.2, -0.15) is 0 Å². The maximum Gasteiger partial charge on any atom is 0.238 e. The molecule has 1 aromatic rings. The number of amides is 1. The lowest BCUT2D eigenvalue weighted by Gasteiger charge is -2.27. The first-order valence-electron chi connectivity index (χ1n) is 7.19. The van der Waals surface area contributed by atoms with Crippen molar-refractivity contribution in [3.05, 3.63) is 29.8 Å². The van der Waals surface area contributed by atoms with E-state index >= 15 is 0 Å². The van der Waals surface area contributed by atoms with E-state index in [1.807, 2.05) is 11.9 Å². The van der Waals surface area contributed by atoms with E-state index in [4.69, 9.17) is 0 Å². The average Bonchev–Trinajstić information content (AvgIpc) is 2.44. The molecule has 1 fully saturated rings. The molecule has 0 unspecified atom stereocenters. The highest BCUT2D eigenvalue weighted by atomic mass is 19.1. The van der Waals surface area contributed by atoms with Crippen LogP contribution in [-0.2, 0) is 4.79 Å². The summed E-state index contributed by atoms with van der Waals surface area (Å²) in [6.45, 7) is 2.95. The van der Waals surface area contributed by atoms with Gasteiger partial charge < -0.3 is 10.6 Å². The summed E-state index contributed by atoms with van der Waals surface area (Å²) in [5.41, 5.74) is -0.377. The van der Waals surface area contributed by atoms with Crippen LogP contribution in [0, 0.1) is 17.6 Å². The van der Waals surface area contributed by atoms with Gasteiger partial charge in [0.25, 0.3) is 0 Å². The number of carbonyl (C=O) groups is 1. The third-order valence-electron chi connectivity index (χ3n) is 3.67. The van der Waals surface area contributed by atoms with Gasteiger partial charge in [0.05, 0.1) is 6.54 Å². The van der Waals surface area contributed by atoms with Crippen molar-refractivity contribution in [3.63, 3.8) is 0 Å². The van der Waals surface area contributed by atoms with Crippen LogP contribution in [0.3, 0.4) is 0 Å². The Bertz CT molecular complexity index is 470. The van der Waals surface area contributed by atoms with E-state index in [0.29, 0.717) is 5.92 Å². The van der Waals surface area contributed by atoms with Crippen molar-refractivity contribution >= 4 is 11.6 Å². The van der Waals surface area contributed by atoms with Crippen molar-refractivity contribution in [1.29, 1.82) is 0 Å². The average molecular weight is 297 g/mol.